The highest BCUT2D eigenvalue weighted by Gasteiger charge is 2.32. The maximum Gasteiger partial charge on any atom is 0.0465 e. The van der Waals surface area contributed by atoms with Crippen molar-refractivity contribution in [2.24, 2.45) is 17.3 Å². The summed E-state index contributed by atoms with van der Waals surface area (Å²) in [6, 6.07) is 0. The average molecular weight is 212 g/mol. The van der Waals surface area contributed by atoms with Crippen LogP contribution in [0.3, 0.4) is 0 Å². The first kappa shape index (κ1) is 13.0. The average Bonchev–Trinajstić information content (AvgIpc) is 2.60. The molecule has 2 unspecified atom stereocenters. The molecule has 0 aliphatic heterocycles. The van der Waals surface area contributed by atoms with Crippen molar-refractivity contribution in [1.29, 1.82) is 0 Å². The Morgan fingerprint density at radius 2 is 1.93 bits per heavy atom. The lowest BCUT2D eigenvalue weighted by atomic mass is 9.79. The Morgan fingerprint density at radius 1 is 1.20 bits per heavy atom. The van der Waals surface area contributed by atoms with Gasteiger partial charge in [0.2, 0.25) is 0 Å². The molecule has 0 aromatic carbocycles. The first-order chi connectivity index (χ1) is 7.04. The van der Waals surface area contributed by atoms with Gasteiger partial charge in [-0.1, -0.05) is 27.2 Å². The van der Waals surface area contributed by atoms with Crippen molar-refractivity contribution in [3.05, 3.63) is 0 Å². The lowest BCUT2D eigenvalue weighted by Crippen LogP contribution is -2.17. The first-order valence-corrected chi connectivity index (χ1v) is 6.61. The molecule has 0 radical (unpaired) electrons. The van der Waals surface area contributed by atoms with Gasteiger partial charge < -0.3 is 4.74 Å². The second-order valence-electron chi connectivity index (χ2n) is 6.08. The van der Waals surface area contributed by atoms with Gasteiger partial charge in [0.1, 0.15) is 0 Å². The minimum absolute atomic E-state index is 0.522. The molecule has 0 amide bonds. The predicted molar refractivity (Wildman–Crippen MR) is 66.0 cm³/mol. The summed E-state index contributed by atoms with van der Waals surface area (Å²) >= 11 is 0. The largest absolute Gasteiger partial charge is 0.382 e. The van der Waals surface area contributed by atoms with Crippen LogP contribution in [0.2, 0.25) is 0 Å². The monoisotopic (exact) mass is 212 g/mol. The molecule has 1 saturated carbocycles. The Morgan fingerprint density at radius 3 is 2.47 bits per heavy atom. The fourth-order valence-electron chi connectivity index (χ4n) is 2.74. The second kappa shape index (κ2) is 5.89. The Hall–Kier alpha value is -0.0400. The third-order valence-electron chi connectivity index (χ3n) is 3.87. The molecule has 1 rings (SSSR count). The summed E-state index contributed by atoms with van der Waals surface area (Å²) in [5, 5.41) is 0. The minimum Gasteiger partial charge on any atom is -0.382 e. The summed E-state index contributed by atoms with van der Waals surface area (Å²) in [7, 11) is 0. The van der Waals surface area contributed by atoms with Crippen molar-refractivity contribution in [1.82, 2.24) is 0 Å². The summed E-state index contributed by atoms with van der Waals surface area (Å²) < 4.78 is 5.39. The van der Waals surface area contributed by atoms with Crippen molar-refractivity contribution in [2.75, 3.05) is 13.2 Å². The van der Waals surface area contributed by atoms with Crippen LogP contribution in [-0.4, -0.2) is 13.2 Å². The highest BCUT2D eigenvalue weighted by Crippen LogP contribution is 2.43. The van der Waals surface area contributed by atoms with E-state index < -0.39 is 0 Å². The van der Waals surface area contributed by atoms with Crippen molar-refractivity contribution in [2.45, 2.75) is 59.8 Å². The van der Waals surface area contributed by atoms with Crippen LogP contribution in [0.25, 0.3) is 0 Å². The number of ether oxygens (including phenoxy) is 1. The summed E-state index contributed by atoms with van der Waals surface area (Å²) in [4.78, 5) is 0. The van der Waals surface area contributed by atoms with Crippen molar-refractivity contribution in [3.63, 3.8) is 0 Å². The molecule has 2 atom stereocenters. The number of hydrogen-bond acceptors (Lipinski definition) is 1. The number of rotatable bonds is 5. The quantitative estimate of drug-likeness (QED) is 0.619. The Bertz CT molecular complexity index is 169. The van der Waals surface area contributed by atoms with Crippen LogP contribution in [0.5, 0.6) is 0 Å². The van der Waals surface area contributed by atoms with Crippen LogP contribution in [0.1, 0.15) is 59.8 Å². The summed E-state index contributed by atoms with van der Waals surface area (Å²) in [6.45, 7) is 11.1. The van der Waals surface area contributed by atoms with Gasteiger partial charge in [-0.15, -0.1) is 0 Å². The lowest BCUT2D eigenvalue weighted by molar-refractivity contribution is 0.138. The van der Waals surface area contributed by atoms with E-state index >= 15 is 0 Å². The molecular weight excluding hydrogens is 184 g/mol. The SMILES string of the molecule is CCOCCCC1CCC(C(C)(C)C)C1. The fourth-order valence-corrected chi connectivity index (χ4v) is 2.74. The van der Waals surface area contributed by atoms with E-state index in [0.717, 1.165) is 25.0 Å². The molecule has 0 bridgehead atoms. The third kappa shape index (κ3) is 4.55. The molecule has 0 aromatic rings. The van der Waals surface area contributed by atoms with Crippen molar-refractivity contribution in [3.8, 4) is 0 Å². The zero-order chi connectivity index (χ0) is 11.3. The molecule has 0 spiro atoms. The van der Waals surface area contributed by atoms with E-state index in [4.69, 9.17) is 4.74 Å². The summed E-state index contributed by atoms with van der Waals surface area (Å²) in [6.07, 6.45) is 6.99. The van der Waals surface area contributed by atoms with Gasteiger partial charge in [0.25, 0.3) is 0 Å². The Balaban J connectivity index is 2.14. The lowest BCUT2D eigenvalue weighted by Gasteiger charge is -2.27. The van der Waals surface area contributed by atoms with Gasteiger partial charge in [-0.3, -0.25) is 0 Å². The molecule has 1 aliphatic carbocycles. The smallest absolute Gasteiger partial charge is 0.0465 e. The highest BCUT2D eigenvalue weighted by atomic mass is 16.5. The van der Waals surface area contributed by atoms with Gasteiger partial charge in [-0.2, -0.15) is 0 Å². The zero-order valence-corrected chi connectivity index (χ0v) is 11.0. The van der Waals surface area contributed by atoms with Crippen LogP contribution in [0.4, 0.5) is 0 Å². The second-order valence-corrected chi connectivity index (χ2v) is 6.08. The predicted octanol–water partition coefficient (Wildman–Crippen LogP) is 4.27. The molecular formula is C14H28O. The fraction of sp³-hybridized carbons (Fsp3) is 1.00. The first-order valence-electron chi connectivity index (χ1n) is 6.61. The van der Waals surface area contributed by atoms with Gasteiger partial charge in [0.05, 0.1) is 0 Å². The van der Waals surface area contributed by atoms with Gasteiger partial charge in [-0.05, 0) is 49.9 Å². The molecule has 15 heavy (non-hydrogen) atoms. The summed E-state index contributed by atoms with van der Waals surface area (Å²) in [5.41, 5.74) is 0.522. The Labute approximate surface area is 95.6 Å². The Kier molecular flexibility index (Phi) is 5.11. The van der Waals surface area contributed by atoms with Crippen LogP contribution in [-0.2, 0) is 4.74 Å². The van der Waals surface area contributed by atoms with E-state index in [9.17, 15) is 0 Å². The van der Waals surface area contributed by atoms with Gasteiger partial charge in [-0.25, -0.2) is 0 Å². The molecule has 0 saturated heterocycles. The minimum atomic E-state index is 0.522. The molecule has 90 valence electrons. The van der Waals surface area contributed by atoms with Crippen molar-refractivity contribution >= 4 is 0 Å². The van der Waals surface area contributed by atoms with Crippen LogP contribution in [0, 0.1) is 17.3 Å². The van der Waals surface area contributed by atoms with E-state index in [-0.39, 0.29) is 0 Å². The normalized spacial score (nSPS) is 27.2. The van der Waals surface area contributed by atoms with Crippen molar-refractivity contribution < 1.29 is 4.74 Å². The van der Waals surface area contributed by atoms with E-state index in [1.54, 1.807) is 0 Å². The number of hydrogen-bond donors (Lipinski definition) is 0. The molecule has 0 heterocycles. The molecule has 0 N–H and O–H groups in total. The van der Waals surface area contributed by atoms with E-state index in [0.29, 0.717) is 5.41 Å². The van der Waals surface area contributed by atoms with Gasteiger partial charge >= 0.3 is 0 Å². The molecule has 1 aliphatic rings. The van der Waals surface area contributed by atoms with E-state index in [1.165, 1.54) is 32.1 Å². The van der Waals surface area contributed by atoms with Crippen LogP contribution in [0.15, 0.2) is 0 Å². The third-order valence-corrected chi connectivity index (χ3v) is 3.87. The molecule has 1 heteroatoms. The molecule has 1 nitrogen and oxygen atoms in total. The maximum atomic E-state index is 5.39. The van der Waals surface area contributed by atoms with Crippen LogP contribution >= 0.6 is 0 Å². The molecule has 1 fully saturated rings. The highest BCUT2D eigenvalue weighted by molar-refractivity contribution is 4.83. The van der Waals surface area contributed by atoms with Gasteiger partial charge in [0.15, 0.2) is 0 Å². The summed E-state index contributed by atoms with van der Waals surface area (Å²) in [5.74, 6) is 1.93. The zero-order valence-electron chi connectivity index (χ0n) is 11.0. The van der Waals surface area contributed by atoms with Crippen LogP contribution < -0.4 is 0 Å². The molecule has 0 aromatic heterocycles. The maximum absolute atomic E-state index is 5.39. The topological polar surface area (TPSA) is 9.23 Å². The van der Waals surface area contributed by atoms with Gasteiger partial charge in [0, 0.05) is 13.2 Å². The van der Waals surface area contributed by atoms with E-state index in [1.807, 2.05) is 0 Å². The standard InChI is InChI=1S/C14H28O/c1-5-15-10-6-7-12-8-9-13(11-12)14(2,3)4/h12-13H,5-11H2,1-4H3. The van der Waals surface area contributed by atoms with E-state index in [2.05, 4.69) is 27.7 Å².